The molecule has 1 N–H and O–H groups in total. The Morgan fingerprint density at radius 2 is 2.00 bits per heavy atom. The predicted molar refractivity (Wildman–Crippen MR) is 76.0 cm³/mol. The fourth-order valence-electron chi connectivity index (χ4n) is 2.14. The van der Waals surface area contributed by atoms with E-state index in [1.165, 1.54) is 6.92 Å². The van der Waals surface area contributed by atoms with Gasteiger partial charge in [-0.3, -0.25) is 14.5 Å². The highest BCUT2D eigenvalue weighted by Gasteiger charge is 2.43. The molecule has 0 aromatic rings. The quantitative estimate of drug-likeness (QED) is 0.865. The summed E-state index contributed by atoms with van der Waals surface area (Å²) >= 11 is 0.882. The summed E-state index contributed by atoms with van der Waals surface area (Å²) in [5, 5.41) is 2.44. The molecule has 116 valence electrons. The van der Waals surface area contributed by atoms with Crippen molar-refractivity contribution in [3.63, 3.8) is 0 Å². The number of rotatable bonds is 3. The SMILES string of the molecule is CC(=O)SCC(=O)N[C@@H]1CN(C(C)(C)C)CC(F)(F)C1. The molecule has 0 unspecified atom stereocenters. The van der Waals surface area contributed by atoms with E-state index in [0.29, 0.717) is 6.54 Å². The molecule has 4 nitrogen and oxygen atoms in total. The molecule has 0 aromatic heterocycles. The van der Waals surface area contributed by atoms with Crippen LogP contribution in [-0.4, -0.2) is 52.3 Å². The van der Waals surface area contributed by atoms with Crippen molar-refractivity contribution in [1.29, 1.82) is 0 Å². The molecule has 0 saturated carbocycles. The van der Waals surface area contributed by atoms with Crippen molar-refractivity contribution in [3.05, 3.63) is 0 Å². The molecular formula is C13H22F2N2O2S. The second-order valence-electron chi connectivity index (χ2n) is 6.16. The average molecular weight is 308 g/mol. The minimum Gasteiger partial charge on any atom is -0.351 e. The van der Waals surface area contributed by atoms with Gasteiger partial charge in [-0.1, -0.05) is 11.8 Å². The number of nitrogens with zero attached hydrogens (tertiary/aromatic N) is 1. The van der Waals surface area contributed by atoms with Crippen LogP contribution < -0.4 is 5.32 Å². The molecule has 1 atom stereocenters. The van der Waals surface area contributed by atoms with Crippen LogP contribution in [-0.2, 0) is 9.59 Å². The van der Waals surface area contributed by atoms with Gasteiger partial charge in [-0.15, -0.1) is 0 Å². The second-order valence-corrected chi connectivity index (χ2v) is 7.31. The Hall–Kier alpha value is -0.690. The van der Waals surface area contributed by atoms with Crippen molar-refractivity contribution in [2.45, 2.75) is 51.6 Å². The molecule has 1 heterocycles. The van der Waals surface area contributed by atoms with Crippen molar-refractivity contribution in [2.24, 2.45) is 0 Å². The maximum Gasteiger partial charge on any atom is 0.262 e. The first-order chi connectivity index (χ1) is 8.99. The lowest BCUT2D eigenvalue weighted by atomic mass is 9.96. The van der Waals surface area contributed by atoms with Crippen molar-refractivity contribution in [1.82, 2.24) is 10.2 Å². The summed E-state index contributed by atoms with van der Waals surface area (Å²) in [5.41, 5.74) is -0.374. The Labute approximate surface area is 122 Å². The van der Waals surface area contributed by atoms with E-state index in [9.17, 15) is 18.4 Å². The first-order valence-electron chi connectivity index (χ1n) is 6.55. The molecule has 1 rings (SSSR count). The van der Waals surface area contributed by atoms with Crippen LogP contribution in [0.2, 0.25) is 0 Å². The van der Waals surface area contributed by atoms with E-state index in [1.54, 1.807) is 4.90 Å². The van der Waals surface area contributed by atoms with Gasteiger partial charge in [-0.25, -0.2) is 8.78 Å². The number of hydrogen-bond donors (Lipinski definition) is 1. The molecule has 0 aliphatic carbocycles. The monoisotopic (exact) mass is 308 g/mol. The summed E-state index contributed by atoms with van der Waals surface area (Å²) in [7, 11) is 0. The summed E-state index contributed by atoms with van der Waals surface area (Å²) in [5.74, 6) is -3.20. The first kappa shape index (κ1) is 17.4. The maximum absolute atomic E-state index is 13.7. The van der Waals surface area contributed by atoms with Crippen molar-refractivity contribution in [3.8, 4) is 0 Å². The third-order valence-electron chi connectivity index (χ3n) is 3.13. The Morgan fingerprint density at radius 1 is 1.40 bits per heavy atom. The predicted octanol–water partition coefficient (Wildman–Crippen LogP) is 1.89. The van der Waals surface area contributed by atoms with Gasteiger partial charge in [0.2, 0.25) is 5.91 Å². The fraction of sp³-hybridized carbons (Fsp3) is 0.846. The van der Waals surface area contributed by atoms with Crippen LogP contribution in [0.5, 0.6) is 0 Å². The van der Waals surface area contributed by atoms with E-state index in [0.717, 1.165) is 11.8 Å². The number of piperidine rings is 1. The molecular weight excluding hydrogens is 286 g/mol. The number of nitrogens with one attached hydrogen (secondary N) is 1. The Bertz CT molecular complexity index is 383. The highest BCUT2D eigenvalue weighted by Crippen LogP contribution is 2.30. The van der Waals surface area contributed by atoms with Gasteiger partial charge in [0.05, 0.1) is 12.3 Å². The zero-order valence-corrected chi connectivity index (χ0v) is 13.2. The lowest BCUT2D eigenvalue weighted by Crippen LogP contribution is -2.60. The van der Waals surface area contributed by atoms with Crippen LogP contribution in [0.3, 0.4) is 0 Å². The zero-order valence-electron chi connectivity index (χ0n) is 12.3. The largest absolute Gasteiger partial charge is 0.351 e. The van der Waals surface area contributed by atoms with Gasteiger partial charge in [-0.2, -0.15) is 0 Å². The van der Waals surface area contributed by atoms with Gasteiger partial charge in [-0.05, 0) is 20.8 Å². The highest BCUT2D eigenvalue weighted by molar-refractivity contribution is 8.14. The van der Waals surface area contributed by atoms with E-state index < -0.39 is 12.0 Å². The second kappa shape index (κ2) is 6.39. The van der Waals surface area contributed by atoms with Gasteiger partial charge in [0.15, 0.2) is 5.12 Å². The number of likely N-dealkylation sites (tertiary alicyclic amines) is 1. The minimum atomic E-state index is -2.81. The standard InChI is InChI=1S/C13H22F2N2O2S/c1-9(18)20-7-11(19)16-10-5-13(14,15)8-17(6-10)12(2,3)4/h10H,5-8H2,1-4H3,(H,16,19)/t10-/m0/s1. The van der Waals surface area contributed by atoms with Gasteiger partial charge in [0.25, 0.3) is 5.92 Å². The number of alkyl halides is 2. The Balaban J connectivity index is 2.61. The fourth-order valence-corrected chi connectivity index (χ4v) is 2.56. The maximum atomic E-state index is 13.7. The molecule has 1 amide bonds. The summed E-state index contributed by atoms with van der Waals surface area (Å²) in [6, 6.07) is -0.585. The Kier molecular flexibility index (Phi) is 5.54. The number of hydrogen-bond acceptors (Lipinski definition) is 4. The third kappa shape index (κ3) is 5.75. The van der Waals surface area contributed by atoms with E-state index >= 15 is 0 Å². The highest BCUT2D eigenvalue weighted by atomic mass is 32.2. The first-order valence-corrected chi connectivity index (χ1v) is 7.54. The smallest absolute Gasteiger partial charge is 0.262 e. The summed E-state index contributed by atoms with van der Waals surface area (Å²) in [4.78, 5) is 24.1. The van der Waals surface area contributed by atoms with E-state index in [-0.39, 0.29) is 35.3 Å². The normalized spacial score (nSPS) is 23.4. The molecule has 0 bridgehead atoms. The molecule has 7 heteroatoms. The van der Waals surface area contributed by atoms with E-state index in [4.69, 9.17) is 0 Å². The molecule has 1 saturated heterocycles. The van der Waals surface area contributed by atoms with Crippen LogP contribution in [0, 0.1) is 0 Å². The average Bonchev–Trinajstić information content (AvgIpc) is 2.22. The number of carbonyl (C=O) groups excluding carboxylic acids is 2. The summed E-state index contributed by atoms with van der Waals surface area (Å²) < 4.78 is 27.5. The van der Waals surface area contributed by atoms with Crippen LogP contribution in [0.1, 0.15) is 34.1 Å². The molecule has 1 fully saturated rings. The Morgan fingerprint density at radius 3 is 2.50 bits per heavy atom. The van der Waals surface area contributed by atoms with Crippen molar-refractivity contribution in [2.75, 3.05) is 18.8 Å². The number of halogens is 2. The van der Waals surface area contributed by atoms with Gasteiger partial charge in [0, 0.05) is 31.5 Å². The third-order valence-corrected chi connectivity index (χ3v) is 3.94. The molecule has 20 heavy (non-hydrogen) atoms. The van der Waals surface area contributed by atoms with E-state index in [1.807, 2.05) is 20.8 Å². The molecule has 0 spiro atoms. The topological polar surface area (TPSA) is 49.4 Å². The number of thioether (sulfide) groups is 1. The lowest BCUT2D eigenvalue weighted by Gasteiger charge is -2.44. The van der Waals surface area contributed by atoms with Gasteiger partial charge < -0.3 is 5.32 Å². The minimum absolute atomic E-state index is 0.0209. The number of amides is 1. The van der Waals surface area contributed by atoms with Crippen molar-refractivity contribution < 1.29 is 18.4 Å². The summed E-state index contributed by atoms with van der Waals surface area (Å²) in [6.45, 7) is 7.10. The van der Waals surface area contributed by atoms with Crippen LogP contribution in [0.4, 0.5) is 8.78 Å². The van der Waals surface area contributed by atoms with Crippen LogP contribution in [0.15, 0.2) is 0 Å². The molecule has 0 radical (unpaired) electrons. The lowest BCUT2D eigenvalue weighted by molar-refractivity contribution is -0.124. The zero-order chi connectivity index (χ0) is 15.6. The van der Waals surface area contributed by atoms with Gasteiger partial charge >= 0.3 is 0 Å². The number of carbonyl (C=O) groups is 2. The van der Waals surface area contributed by atoms with Gasteiger partial charge in [0.1, 0.15) is 0 Å². The van der Waals surface area contributed by atoms with Crippen LogP contribution in [0.25, 0.3) is 0 Å². The van der Waals surface area contributed by atoms with Crippen LogP contribution >= 0.6 is 11.8 Å². The summed E-state index contributed by atoms with van der Waals surface area (Å²) in [6.07, 6.45) is -0.351. The molecule has 0 aromatic carbocycles. The molecule has 1 aliphatic rings. The van der Waals surface area contributed by atoms with Crippen molar-refractivity contribution >= 4 is 22.8 Å². The van der Waals surface area contributed by atoms with E-state index in [2.05, 4.69) is 5.32 Å². The molecule has 1 aliphatic heterocycles.